The van der Waals surface area contributed by atoms with Gasteiger partial charge in [-0.15, -0.1) is 11.3 Å². The molecule has 0 spiro atoms. The number of hydrogen-bond donors (Lipinski definition) is 1. The molecule has 1 atom stereocenters. The van der Waals surface area contributed by atoms with Crippen LogP contribution in [0, 0.1) is 12.8 Å². The minimum atomic E-state index is 0.0912. The maximum absolute atomic E-state index is 12.4. The molecule has 2 aromatic rings. The Morgan fingerprint density at radius 2 is 2.24 bits per heavy atom. The summed E-state index contributed by atoms with van der Waals surface area (Å²) in [5.41, 5.74) is 1.88. The molecule has 2 heterocycles. The van der Waals surface area contributed by atoms with Crippen LogP contribution in [0.15, 0.2) is 24.4 Å². The van der Waals surface area contributed by atoms with Gasteiger partial charge >= 0.3 is 0 Å². The third kappa shape index (κ3) is 6.18. The van der Waals surface area contributed by atoms with Gasteiger partial charge in [-0.3, -0.25) is 9.69 Å². The van der Waals surface area contributed by atoms with Crippen LogP contribution in [-0.4, -0.2) is 50.1 Å². The number of likely N-dealkylation sites (tertiary alicyclic amines) is 1. The normalized spacial score (nSPS) is 17.2. The van der Waals surface area contributed by atoms with E-state index < -0.39 is 0 Å². The van der Waals surface area contributed by atoms with Crippen LogP contribution in [0.25, 0.3) is 0 Å². The fourth-order valence-electron chi connectivity index (χ4n) is 3.78. The fraction of sp³-hybridized carbons (Fsp3) is 0.545. The standard InChI is InChI=1S/C22H32N4O2S/c1-16-12-18(28-4)8-9-20(16)24-21(27)10-7-17-6-5-11-26(14-17)15-19-13-23-22(29-19)25(2)3/h8-9,12-13,17H,5-7,10-11,14-15H2,1-4H3,(H,24,27)/t17-/m1/s1. The Kier molecular flexibility index (Phi) is 7.50. The summed E-state index contributed by atoms with van der Waals surface area (Å²) in [6.45, 7) is 5.13. The van der Waals surface area contributed by atoms with Crippen molar-refractivity contribution in [1.29, 1.82) is 0 Å². The van der Waals surface area contributed by atoms with Gasteiger partial charge in [0.2, 0.25) is 5.91 Å². The van der Waals surface area contributed by atoms with Gasteiger partial charge in [-0.2, -0.15) is 0 Å². The Bertz CT molecular complexity index is 821. The lowest BCUT2D eigenvalue weighted by Crippen LogP contribution is -2.35. The van der Waals surface area contributed by atoms with Gasteiger partial charge in [-0.1, -0.05) is 0 Å². The summed E-state index contributed by atoms with van der Waals surface area (Å²) < 4.78 is 5.22. The number of nitrogens with one attached hydrogen (secondary N) is 1. The zero-order valence-electron chi connectivity index (χ0n) is 17.9. The highest BCUT2D eigenvalue weighted by Crippen LogP contribution is 2.27. The van der Waals surface area contributed by atoms with E-state index >= 15 is 0 Å². The number of rotatable bonds is 8. The van der Waals surface area contributed by atoms with Gasteiger partial charge in [0, 0.05) is 50.4 Å². The quantitative estimate of drug-likeness (QED) is 0.700. The van der Waals surface area contributed by atoms with E-state index in [0.29, 0.717) is 12.3 Å². The van der Waals surface area contributed by atoms with Crippen molar-refractivity contribution in [2.24, 2.45) is 5.92 Å². The minimum Gasteiger partial charge on any atom is -0.497 e. The number of aryl methyl sites for hydroxylation is 1. The fourth-order valence-corrected chi connectivity index (χ4v) is 4.65. The molecule has 3 rings (SSSR count). The molecule has 1 amide bonds. The number of methoxy groups -OCH3 is 1. The van der Waals surface area contributed by atoms with E-state index in [-0.39, 0.29) is 5.91 Å². The lowest BCUT2D eigenvalue weighted by molar-refractivity contribution is -0.116. The molecular formula is C22H32N4O2S. The largest absolute Gasteiger partial charge is 0.497 e. The van der Waals surface area contributed by atoms with Crippen molar-refractivity contribution >= 4 is 28.1 Å². The van der Waals surface area contributed by atoms with Crippen molar-refractivity contribution in [1.82, 2.24) is 9.88 Å². The Hall–Kier alpha value is -2.12. The first-order valence-corrected chi connectivity index (χ1v) is 11.0. The number of hydrogen-bond acceptors (Lipinski definition) is 6. The Labute approximate surface area is 177 Å². The van der Waals surface area contributed by atoms with E-state index in [1.165, 1.54) is 17.7 Å². The molecule has 1 N–H and O–H groups in total. The first-order valence-electron chi connectivity index (χ1n) is 10.2. The Morgan fingerprint density at radius 3 is 2.93 bits per heavy atom. The Balaban J connectivity index is 1.45. The van der Waals surface area contributed by atoms with Gasteiger partial charge < -0.3 is 15.0 Å². The van der Waals surface area contributed by atoms with Crippen molar-refractivity contribution in [2.75, 3.05) is 44.5 Å². The summed E-state index contributed by atoms with van der Waals surface area (Å²) >= 11 is 1.76. The molecule has 1 aliphatic heterocycles. The van der Waals surface area contributed by atoms with Crippen molar-refractivity contribution in [3.05, 3.63) is 34.8 Å². The van der Waals surface area contributed by atoms with Crippen LogP contribution in [0.5, 0.6) is 5.75 Å². The summed E-state index contributed by atoms with van der Waals surface area (Å²) in [5, 5.41) is 4.10. The lowest BCUT2D eigenvalue weighted by Gasteiger charge is -2.32. The van der Waals surface area contributed by atoms with Crippen LogP contribution >= 0.6 is 11.3 Å². The highest BCUT2D eigenvalue weighted by molar-refractivity contribution is 7.15. The molecule has 0 unspecified atom stereocenters. The smallest absolute Gasteiger partial charge is 0.224 e. The number of benzene rings is 1. The van der Waals surface area contributed by atoms with Crippen molar-refractivity contribution in [3.63, 3.8) is 0 Å². The first kappa shape index (κ1) is 21.6. The van der Waals surface area contributed by atoms with Gasteiger partial charge in [0.15, 0.2) is 5.13 Å². The third-order valence-electron chi connectivity index (χ3n) is 5.39. The van der Waals surface area contributed by atoms with E-state index in [9.17, 15) is 4.79 Å². The number of ether oxygens (including phenoxy) is 1. The number of amides is 1. The molecule has 1 fully saturated rings. The van der Waals surface area contributed by atoms with Crippen molar-refractivity contribution < 1.29 is 9.53 Å². The minimum absolute atomic E-state index is 0.0912. The van der Waals surface area contributed by atoms with Crippen LogP contribution in [-0.2, 0) is 11.3 Å². The molecule has 1 aliphatic rings. The van der Waals surface area contributed by atoms with E-state index in [1.807, 2.05) is 45.4 Å². The highest BCUT2D eigenvalue weighted by atomic mass is 32.1. The summed E-state index contributed by atoms with van der Waals surface area (Å²) in [5.74, 6) is 1.47. The topological polar surface area (TPSA) is 57.7 Å². The van der Waals surface area contributed by atoms with Crippen molar-refractivity contribution in [3.8, 4) is 5.75 Å². The van der Waals surface area contributed by atoms with E-state index in [2.05, 4.69) is 20.1 Å². The monoisotopic (exact) mass is 416 g/mol. The predicted octanol–water partition coefficient (Wildman–Crippen LogP) is 4.16. The molecule has 1 saturated heterocycles. The van der Waals surface area contributed by atoms with Crippen LogP contribution in [0.3, 0.4) is 0 Å². The molecule has 1 aromatic carbocycles. The van der Waals surface area contributed by atoms with Gasteiger partial charge in [-0.25, -0.2) is 4.98 Å². The Morgan fingerprint density at radius 1 is 1.41 bits per heavy atom. The molecule has 0 aliphatic carbocycles. The molecule has 29 heavy (non-hydrogen) atoms. The number of anilines is 2. The second-order valence-corrected chi connectivity index (χ2v) is 9.11. The summed E-state index contributed by atoms with van der Waals surface area (Å²) in [6, 6.07) is 5.73. The summed E-state index contributed by atoms with van der Waals surface area (Å²) in [4.78, 5) is 22.8. The van der Waals surface area contributed by atoms with Crippen LogP contribution in [0.4, 0.5) is 10.8 Å². The van der Waals surface area contributed by atoms with Gasteiger partial charge in [0.25, 0.3) is 0 Å². The van der Waals surface area contributed by atoms with Crippen LogP contribution in [0.1, 0.15) is 36.1 Å². The van der Waals surface area contributed by atoms with E-state index in [0.717, 1.165) is 48.2 Å². The zero-order chi connectivity index (χ0) is 20.8. The second-order valence-electron chi connectivity index (χ2n) is 8.01. The molecule has 7 heteroatoms. The highest BCUT2D eigenvalue weighted by Gasteiger charge is 2.21. The molecule has 158 valence electrons. The molecule has 0 saturated carbocycles. The third-order valence-corrected chi connectivity index (χ3v) is 6.54. The maximum Gasteiger partial charge on any atom is 0.224 e. The first-order chi connectivity index (χ1) is 13.9. The summed E-state index contributed by atoms with van der Waals surface area (Å²) in [7, 11) is 5.70. The van der Waals surface area contributed by atoms with Gasteiger partial charge in [-0.05, 0) is 62.4 Å². The molecular weight excluding hydrogens is 384 g/mol. The van der Waals surface area contributed by atoms with Crippen LogP contribution < -0.4 is 15.0 Å². The lowest BCUT2D eigenvalue weighted by atomic mass is 9.93. The number of carbonyl (C=O) groups is 1. The molecule has 1 aromatic heterocycles. The van der Waals surface area contributed by atoms with Crippen molar-refractivity contribution in [2.45, 2.75) is 39.2 Å². The number of thiazole rings is 1. The number of aromatic nitrogens is 1. The van der Waals surface area contributed by atoms with E-state index in [1.54, 1.807) is 18.4 Å². The summed E-state index contributed by atoms with van der Waals surface area (Å²) in [6.07, 6.45) is 5.90. The maximum atomic E-state index is 12.4. The second kappa shape index (κ2) is 10.1. The molecule has 0 bridgehead atoms. The average Bonchev–Trinajstić information content (AvgIpc) is 3.17. The number of piperidine rings is 1. The predicted molar refractivity (Wildman–Crippen MR) is 120 cm³/mol. The molecule has 6 nitrogen and oxygen atoms in total. The van der Waals surface area contributed by atoms with Gasteiger partial charge in [0.05, 0.1) is 7.11 Å². The SMILES string of the molecule is COc1ccc(NC(=O)CC[C@H]2CCCN(Cc3cnc(N(C)C)s3)C2)c(C)c1. The number of nitrogens with zero attached hydrogens (tertiary/aromatic N) is 3. The van der Waals surface area contributed by atoms with Gasteiger partial charge in [0.1, 0.15) is 5.75 Å². The van der Waals surface area contributed by atoms with Crippen LogP contribution in [0.2, 0.25) is 0 Å². The van der Waals surface area contributed by atoms with E-state index in [4.69, 9.17) is 4.74 Å². The average molecular weight is 417 g/mol. The zero-order valence-corrected chi connectivity index (χ0v) is 18.7. The number of carbonyl (C=O) groups excluding carboxylic acids is 1. The molecule has 0 radical (unpaired) electrons.